The average Bonchev–Trinajstić information content (AvgIpc) is 3.27. The van der Waals surface area contributed by atoms with E-state index in [2.05, 4.69) is 0 Å². The number of fused-ring (bicyclic) bond motifs is 1. The Labute approximate surface area is 289 Å². The van der Waals surface area contributed by atoms with Crippen LogP contribution in [0, 0.1) is 0 Å². The second-order valence-electron chi connectivity index (χ2n) is 11.6. The van der Waals surface area contributed by atoms with Gasteiger partial charge in [0.05, 0.1) is 11.1 Å². The van der Waals surface area contributed by atoms with E-state index in [0.29, 0.717) is 4.90 Å². The second-order valence-corrected chi connectivity index (χ2v) is 11.6. The van der Waals surface area contributed by atoms with E-state index in [4.69, 9.17) is 42.6 Å². The Bertz CT molecular complexity index is 1530. The Balaban J connectivity index is 1.84. The van der Waals surface area contributed by atoms with Crippen LogP contribution in [-0.2, 0) is 71.4 Å². The van der Waals surface area contributed by atoms with Gasteiger partial charge in [-0.1, -0.05) is 12.1 Å². The number of imide groups is 1. The molecule has 0 N–H and O–H groups in total. The number of rotatable bonds is 11. The molecule has 0 aliphatic carbocycles. The predicted octanol–water partition coefficient (Wildman–Crippen LogP) is 0.309. The Morgan fingerprint density at radius 2 is 1.04 bits per heavy atom. The highest BCUT2D eigenvalue weighted by Gasteiger charge is 2.59. The number of ether oxygens (including phenoxy) is 9. The molecule has 278 valence electrons. The molecule has 0 bridgehead atoms. The molecule has 19 heteroatoms. The SMILES string of the molecule is CC(=O)OC[C@H]1O[C@@H](O[C@H]2[C@H](OC(C)=O)[C@@H](N3C(=O)c4ccccc4C3=O)[C@H](F)O[C@@H]2COC(C)=O)[C@H](OC(C)=O)[C@@H](OC(C)=O)[C@H]1OC(C)=O. The van der Waals surface area contributed by atoms with Gasteiger partial charge in [0, 0.05) is 41.5 Å². The highest BCUT2D eigenvalue weighted by Crippen LogP contribution is 2.38. The monoisotopic (exact) mass is 725 g/mol. The number of nitrogens with zero attached hydrogens (tertiary/aromatic N) is 1. The Hall–Kier alpha value is -5.01. The molecule has 10 atom stereocenters. The molecule has 51 heavy (non-hydrogen) atoms. The summed E-state index contributed by atoms with van der Waals surface area (Å²) in [7, 11) is 0. The van der Waals surface area contributed by atoms with Crippen molar-refractivity contribution in [3.63, 3.8) is 0 Å². The average molecular weight is 726 g/mol. The van der Waals surface area contributed by atoms with Gasteiger partial charge in [0.2, 0.25) is 6.36 Å². The van der Waals surface area contributed by atoms with Crippen molar-refractivity contribution < 1.29 is 85.4 Å². The zero-order valence-electron chi connectivity index (χ0n) is 28.3. The van der Waals surface area contributed by atoms with Crippen LogP contribution in [0.15, 0.2) is 24.3 Å². The first kappa shape index (κ1) is 38.8. The van der Waals surface area contributed by atoms with Gasteiger partial charge in [-0.05, 0) is 12.1 Å². The number of benzene rings is 1. The van der Waals surface area contributed by atoms with Crippen molar-refractivity contribution in [1.29, 1.82) is 0 Å². The summed E-state index contributed by atoms with van der Waals surface area (Å²) in [6, 6.07) is 3.62. The molecule has 0 saturated carbocycles. The van der Waals surface area contributed by atoms with Crippen LogP contribution < -0.4 is 0 Å². The second kappa shape index (κ2) is 16.3. The van der Waals surface area contributed by atoms with Crippen LogP contribution in [0.5, 0.6) is 0 Å². The van der Waals surface area contributed by atoms with E-state index in [1.807, 2.05) is 0 Å². The third kappa shape index (κ3) is 9.02. The number of hydrogen-bond acceptors (Lipinski definition) is 17. The van der Waals surface area contributed by atoms with Gasteiger partial charge in [-0.25, -0.2) is 4.39 Å². The molecule has 1 aromatic carbocycles. The van der Waals surface area contributed by atoms with Crippen molar-refractivity contribution in [1.82, 2.24) is 4.90 Å². The zero-order valence-corrected chi connectivity index (χ0v) is 28.3. The minimum atomic E-state index is -2.55. The Morgan fingerprint density at radius 3 is 1.51 bits per heavy atom. The molecule has 0 aromatic heterocycles. The molecule has 2 fully saturated rings. The quantitative estimate of drug-likeness (QED) is 0.170. The largest absolute Gasteiger partial charge is 0.463 e. The third-order valence-corrected chi connectivity index (χ3v) is 7.72. The van der Waals surface area contributed by atoms with Crippen molar-refractivity contribution in [2.24, 2.45) is 0 Å². The van der Waals surface area contributed by atoms with Crippen molar-refractivity contribution in [2.45, 2.75) is 103 Å². The van der Waals surface area contributed by atoms with Crippen LogP contribution in [0.3, 0.4) is 0 Å². The maximum absolute atomic E-state index is 16.2. The number of esters is 6. The van der Waals surface area contributed by atoms with Crippen LogP contribution in [0.2, 0.25) is 0 Å². The number of carbonyl (C=O) groups is 8. The fraction of sp³-hybridized carbons (Fsp3) is 0.562. The standard InChI is InChI=1S/C32H36FNO17/c1-13(35)43-11-21-24(26(46-16(4)38)23(29(33)49-21)34-30(41)19-9-7-8-10-20(19)31(34)42)51-32-28(48-18(6)40)27(47-17(5)39)25(45-15(3)37)22(50-32)12-44-14(2)36/h7-10,21-29,32H,11-12H2,1-6H3/t21-,22-,23-,24-,25+,26-,27+,28-,29-,32+/m1/s1. The molecule has 0 unspecified atom stereocenters. The fourth-order valence-corrected chi connectivity index (χ4v) is 5.90. The van der Waals surface area contributed by atoms with Crippen LogP contribution >= 0.6 is 0 Å². The van der Waals surface area contributed by atoms with Gasteiger partial charge in [0.15, 0.2) is 30.7 Å². The first-order valence-electron chi connectivity index (χ1n) is 15.5. The number of carbonyl (C=O) groups excluding carboxylic acids is 8. The van der Waals surface area contributed by atoms with Crippen LogP contribution in [0.25, 0.3) is 0 Å². The Morgan fingerprint density at radius 1 is 0.608 bits per heavy atom. The van der Waals surface area contributed by atoms with Crippen LogP contribution in [0.1, 0.15) is 62.3 Å². The van der Waals surface area contributed by atoms with Crippen molar-refractivity contribution in [3.8, 4) is 0 Å². The number of halogens is 1. The molecule has 18 nitrogen and oxygen atoms in total. The Kier molecular flexibility index (Phi) is 12.4. The molecule has 2 saturated heterocycles. The summed E-state index contributed by atoms with van der Waals surface area (Å²) in [4.78, 5) is 100. The van der Waals surface area contributed by atoms with Gasteiger partial charge >= 0.3 is 35.8 Å². The predicted molar refractivity (Wildman–Crippen MR) is 160 cm³/mol. The van der Waals surface area contributed by atoms with Gasteiger partial charge in [-0.2, -0.15) is 0 Å². The summed E-state index contributed by atoms with van der Waals surface area (Å²) < 4.78 is 65.7. The minimum absolute atomic E-state index is 0.0737. The zero-order chi connectivity index (χ0) is 37.7. The molecular formula is C32H36FNO17. The van der Waals surface area contributed by atoms with E-state index in [0.717, 1.165) is 41.5 Å². The molecule has 3 aliphatic heterocycles. The fourth-order valence-electron chi connectivity index (χ4n) is 5.90. The van der Waals surface area contributed by atoms with E-state index in [-0.39, 0.29) is 11.1 Å². The summed E-state index contributed by atoms with van der Waals surface area (Å²) in [6.07, 6.45) is -16.4. The maximum Gasteiger partial charge on any atom is 0.303 e. The van der Waals surface area contributed by atoms with Gasteiger partial charge in [0.25, 0.3) is 11.8 Å². The molecular weight excluding hydrogens is 689 g/mol. The number of hydrogen-bond donors (Lipinski definition) is 0. The van der Waals surface area contributed by atoms with E-state index in [1.165, 1.54) is 24.3 Å². The normalized spacial score (nSPS) is 30.1. The number of alkyl halides is 1. The lowest BCUT2D eigenvalue weighted by Gasteiger charge is -2.49. The molecule has 0 radical (unpaired) electrons. The molecule has 4 rings (SSSR count). The first-order valence-corrected chi connectivity index (χ1v) is 15.5. The summed E-state index contributed by atoms with van der Waals surface area (Å²) in [5, 5.41) is 0. The van der Waals surface area contributed by atoms with Gasteiger partial charge < -0.3 is 42.6 Å². The smallest absolute Gasteiger partial charge is 0.303 e. The molecule has 3 aliphatic rings. The summed E-state index contributed by atoms with van der Waals surface area (Å²) in [5.74, 6) is -7.39. The van der Waals surface area contributed by atoms with Crippen LogP contribution in [0.4, 0.5) is 4.39 Å². The first-order chi connectivity index (χ1) is 24.0. The summed E-state index contributed by atoms with van der Waals surface area (Å²) in [6.45, 7) is 4.69. The molecule has 3 heterocycles. The topological polar surface area (TPSA) is 223 Å². The molecule has 0 spiro atoms. The van der Waals surface area contributed by atoms with E-state index < -0.39 is 122 Å². The van der Waals surface area contributed by atoms with Crippen molar-refractivity contribution >= 4 is 47.6 Å². The lowest BCUT2D eigenvalue weighted by atomic mass is 9.94. The van der Waals surface area contributed by atoms with E-state index in [9.17, 15) is 38.4 Å². The molecule has 2 amide bonds. The lowest BCUT2D eigenvalue weighted by molar-refractivity contribution is -0.345. The van der Waals surface area contributed by atoms with Crippen molar-refractivity contribution in [3.05, 3.63) is 35.4 Å². The molecule has 1 aromatic rings. The minimum Gasteiger partial charge on any atom is -0.463 e. The van der Waals surface area contributed by atoms with Gasteiger partial charge in [-0.3, -0.25) is 43.3 Å². The lowest BCUT2D eigenvalue weighted by Crippen LogP contribution is -2.68. The third-order valence-electron chi connectivity index (χ3n) is 7.72. The maximum atomic E-state index is 16.2. The van der Waals surface area contributed by atoms with Gasteiger partial charge in [-0.15, -0.1) is 0 Å². The van der Waals surface area contributed by atoms with Gasteiger partial charge in [0.1, 0.15) is 37.6 Å². The summed E-state index contributed by atoms with van der Waals surface area (Å²) in [5.41, 5.74) is -0.147. The van der Waals surface area contributed by atoms with E-state index >= 15 is 4.39 Å². The highest BCUT2D eigenvalue weighted by molar-refractivity contribution is 6.21. The van der Waals surface area contributed by atoms with Crippen molar-refractivity contribution in [2.75, 3.05) is 13.2 Å². The number of amides is 2. The van der Waals surface area contributed by atoms with Crippen LogP contribution in [-0.4, -0.2) is 127 Å². The highest BCUT2D eigenvalue weighted by atomic mass is 19.1. The van der Waals surface area contributed by atoms with E-state index in [1.54, 1.807) is 0 Å². The summed E-state index contributed by atoms with van der Waals surface area (Å²) >= 11 is 0.